The van der Waals surface area contributed by atoms with Gasteiger partial charge in [0.05, 0.1) is 25.7 Å². The minimum Gasteiger partial charge on any atom is -0.496 e. The summed E-state index contributed by atoms with van der Waals surface area (Å²) in [5, 5.41) is 8.61. The van der Waals surface area contributed by atoms with Gasteiger partial charge in [0.25, 0.3) is 0 Å². The average molecular weight is 228 g/mol. The van der Waals surface area contributed by atoms with E-state index in [9.17, 15) is 9.18 Å². The number of hydrogen-bond acceptors (Lipinski definition) is 3. The number of rotatable bonds is 5. The quantitative estimate of drug-likeness (QED) is 0.831. The van der Waals surface area contributed by atoms with Crippen LogP contribution in [0, 0.1) is 5.82 Å². The molecule has 1 aromatic carbocycles. The lowest BCUT2D eigenvalue weighted by atomic mass is 10.1. The van der Waals surface area contributed by atoms with Gasteiger partial charge in [-0.05, 0) is 11.6 Å². The molecule has 0 fully saturated rings. The summed E-state index contributed by atoms with van der Waals surface area (Å²) in [6.07, 6.45) is -0.355. The van der Waals surface area contributed by atoms with Gasteiger partial charge in [-0.25, -0.2) is 4.39 Å². The maximum atomic E-state index is 13.8. The van der Waals surface area contributed by atoms with Crippen molar-refractivity contribution in [2.75, 3.05) is 14.2 Å². The van der Waals surface area contributed by atoms with E-state index in [1.54, 1.807) is 0 Å². The van der Waals surface area contributed by atoms with Crippen molar-refractivity contribution in [3.05, 3.63) is 29.1 Å². The maximum absolute atomic E-state index is 13.8. The second-order valence-corrected chi connectivity index (χ2v) is 3.22. The van der Waals surface area contributed by atoms with Gasteiger partial charge in [0.15, 0.2) is 0 Å². The minimum atomic E-state index is -1.08. The van der Waals surface area contributed by atoms with E-state index >= 15 is 0 Å². The molecule has 0 aliphatic carbocycles. The molecule has 0 aromatic heterocycles. The number of hydrogen-bond donors (Lipinski definition) is 1. The molecule has 0 bridgehead atoms. The Bertz CT molecular complexity index is 390. The van der Waals surface area contributed by atoms with Gasteiger partial charge in [-0.1, -0.05) is 6.07 Å². The normalized spacial score (nSPS) is 10.2. The molecular formula is C11H13FO4. The summed E-state index contributed by atoms with van der Waals surface area (Å²) in [7, 11) is 2.85. The van der Waals surface area contributed by atoms with Crippen molar-refractivity contribution in [2.45, 2.75) is 13.0 Å². The largest absolute Gasteiger partial charge is 0.496 e. The lowest BCUT2D eigenvalue weighted by Crippen LogP contribution is -2.06. The summed E-state index contributed by atoms with van der Waals surface area (Å²) < 4.78 is 23.7. The van der Waals surface area contributed by atoms with Crippen molar-refractivity contribution < 1.29 is 23.8 Å². The summed E-state index contributed by atoms with van der Waals surface area (Å²) in [5.74, 6) is -1.30. The molecular weight excluding hydrogens is 215 g/mol. The first kappa shape index (κ1) is 12.4. The van der Waals surface area contributed by atoms with Gasteiger partial charge in [-0.3, -0.25) is 4.79 Å². The van der Waals surface area contributed by atoms with Crippen LogP contribution >= 0.6 is 0 Å². The molecule has 0 heterocycles. The molecule has 1 N–H and O–H groups in total. The number of carbonyl (C=O) groups is 1. The second-order valence-electron chi connectivity index (χ2n) is 3.22. The van der Waals surface area contributed by atoms with Crippen molar-refractivity contribution in [1.82, 2.24) is 0 Å². The molecule has 0 spiro atoms. The summed E-state index contributed by atoms with van der Waals surface area (Å²) in [6, 6.07) is 2.94. The molecule has 4 nitrogen and oxygen atoms in total. The number of aliphatic carboxylic acids is 1. The highest BCUT2D eigenvalue weighted by molar-refractivity contribution is 5.70. The van der Waals surface area contributed by atoms with Crippen LogP contribution in [0.4, 0.5) is 4.39 Å². The van der Waals surface area contributed by atoms with Crippen LogP contribution in [0.5, 0.6) is 5.75 Å². The zero-order valence-corrected chi connectivity index (χ0v) is 9.12. The first-order valence-corrected chi connectivity index (χ1v) is 4.65. The molecule has 5 heteroatoms. The minimum absolute atomic E-state index is 0.0441. The van der Waals surface area contributed by atoms with Crippen LogP contribution in [0.3, 0.4) is 0 Å². The lowest BCUT2D eigenvalue weighted by Gasteiger charge is -2.11. The standard InChI is InChI=1S/C11H13FO4/c1-15-6-8-9(16-2)4-3-7(11(8)12)5-10(13)14/h3-4H,5-6H2,1-2H3,(H,13,14). The molecule has 1 rings (SSSR count). The Kier molecular flexibility index (Phi) is 4.25. The third kappa shape index (κ3) is 2.70. The number of halogens is 1. The van der Waals surface area contributed by atoms with Crippen molar-refractivity contribution in [2.24, 2.45) is 0 Å². The van der Waals surface area contributed by atoms with Gasteiger partial charge in [-0.15, -0.1) is 0 Å². The predicted octanol–water partition coefficient (Wildman–Crippen LogP) is 1.61. The van der Waals surface area contributed by atoms with Crippen molar-refractivity contribution in [3.8, 4) is 5.75 Å². The van der Waals surface area contributed by atoms with E-state index in [-0.39, 0.29) is 24.2 Å². The third-order valence-corrected chi connectivity index (χ3v) is 2.13. The lowest BCUT2D eigenvalue weighted by molar-refractivity contribution is -0.136. The summed E-state index contributed by atoms with van der Waals surface area (Å²) in [4.78, 5) is 10.5. The molecule has 88 valence electrons. The second kappa shape index (κ2) is 5.46. The van der Waals surface area contributed by atoms with Gasteiger partial charge in [0, 0.05) is 7.11 Å². The van der Waals surface area contributed by atoms with E-state index in [1.165, 1.54) is 26.4 Å². The van der Waals surface area contributed by atoms with E-state index in [1.807, 2.05) is 0 Å². The van der Waals surface area contributed by atoms with Crippen LogP contribution in [-0.2, 0) is 22.6 Å². The maximum Gasteiger partial charge on any atom is 0.307 e. The number of benzene rings is 1. The van der Waals surface area contributed by atoms with Gasteiger partial charge in [0.2, 0.25) is 0 Å². The number of ether oxygens (including phenoxy) is 2. The van der Waals surface area contributed by atoms with Crippen LogP contribution in [0.15, 0.2) is 12.1 Å². The Morgan fingerprint density at radius 2 is 2.12 bits per heavy atom. The number of carboxylic acid groups (broad SMARTS) is 1. The van der Waals surface area contributed by atoms with Crippen molar-refractivity contribution in [1.29, 1.82) is 0 Å². The van der Waals surface area contributed by atoms with Crippen LogP contribution in [0.25, 0.3) is 0 Å². The number of methoxy groups -OCH3 is 2. The zero-order valence-electron chi connectivity index (χ0n) is 9.12. The fourth-order valence-electron chi connectivity index (χ4n) is 1.42. The van der Waals surface area contributed by atoms with Gasteiger partial charge in [0.1, 0.15) is 11.6 Å². The average Bonchev–Trinajstić information content (AvgIpc) is 2.24. The summed E-state index contributed by atoms with van der Waals surface area (Å²) in [5.41, 5.74) is 0.365. The van der Waals surface area contributed by atoms with Gasteiger partial charge in [-0.2, -0.15) is 0 Å². The predicted molar refractivity (Wildman–Crippen MR) is 55.0 cm³/mol. The van der Waals surface area contributed by atoms with E-state index in [4.69, 9.17) is 14.6 Å². The summed E-state index contributed by atoms with van der Waals surface area (Å²) >= 11 is 0. The third-order valence-electron chi connectivity index (χ3n) is 2.13. The van der Waals surface area contributed by atoms with Crippen LogP contribution in [0.1, 0.15) is 11.1 Å². The van der Waals surface area contributed by atoms with Crippen LogP contribution in [0.2, 0.25) is 0 Å². The topological polar surface area (TPSA) is 55.8 Å². The van der Waals surface area contributed by atoms with E-state index < -0.39 is 11.8 Å². The van der Waals surface area contributed by atoms with E-state index in [0.717, 1.165) is 0 Å². The molecule has 0 unspecified atom stereocenters. The molecule has 0 radical (unpaired) electrons. The van der Waals surface area contributed by atoms with Crippen LogP contribution in [-0.4, -0.2) is 25.3 Å². The Morgan fingerprint density at radius 1 is 1.44 bits per heavy atom. The fraction of sp³-hybridized carbons (Fsp3) is 0.364. The van der Waals surface area contributed by atoms with Crippen molar-refractivity contribution >= 4 is 5.97 Å². The Morgan fingerprint density at radius 3 is 2.62 bits per heavy atom. The fourth-order valence-corrected chi connectivity index (χ4v) is 1.42. The smallest absolute Gasteiger partial charge is 0.307 e. The highest BCUT2D eigenvalue weighted by Gasteiger charge is 2.15. The highest BCUT2D eigenvalue weighted by atomic mass is 19.1. The SMILES string of the molecule is COCc1c(OC)ccc(CC(=O)O)c1F. The zero-order chi connectivity index (χ0) is 12.1. The monoisotopic (exact) mass is 228 g/mol. The van der Waals surface area contributed by atoms with Gasteiger partial charge >= 0.3 is 5.97 Å². The summed E-state index contributed by atoms with van der Waals surface area (Å²) in [6.45, 7) is 0.0441. The van der Waals surface area contributed by atoms with Crippen molar-refractivity contribution in [3.63, 3.8) is 0 Å². The first-order valence-electron chi connectivity index (χ1n) is 4.65. The van der Waals surface area contributed by atoms with Crippen LogP contribution < -0.4 is 4.74 Å². The molecule has 0 saturated carbocycles. The Labute approximate surface area is 92.6 Å². The molecule has 0 aliphatic rings. The molecule has 1 aromatic rings. The highest BCUT2D eigenvalue weighted by Crippen LogP contribution is 2.25. The molecule has 0 saturated heterocycles. The first-order chi connectivity index (χ1) is 7.60. The molecule has 0 atom stereocenters. The molecule has 0 aliphatic heterocycles. The molecule has 16 heavy (non-hydrogen) atoms. The Balaban J connectivity index is 3.14. The molecule has 0 amide bonds. The van der Waals surface area contributed by atoms with Gasteiger partial charge < -0.3 is 14.6 Å². The van der Waals surface area contributed by atoms with E-state index in [2.05, 4.69) is 0 Å². The Hall–Kier alpha value is -1.62. The number of carboxylic acids is 1. The van der Waals surface area contributed by atoms with E-state index in [0.29, 0.717) is 5.75 Å².